The highest BCUT2D eigenvalue weighted by Crippen LogP contribution is 2.19. The van der Waals surface area contributed by atoms with Crippen molar-refractivity contribution in [1.29, 1.82) is 0 Å². The first kappa shape index (κ1) is 14.1. The third-order valence-electron chi connectivity index (χ3n) is 2.44. The van der Waals surface area contributed by atoms with E-state index in [1.165, 1.54) is 0 Å². The molecule has 5 heteroatoms. The van der Waals surface area contributed by atoms with Crippen LogP contribution in [0, 0.1) is 0 Å². The largest absolute Gasteiger partial charge is 0.297 e. The number of aromatic nitrogens is 1. The average Bonchev–Trinajstić information content (AvgIpc) is 2.23. The Morgan fingerprint density at radius 3 is 2.75 bits per heavy atom. The minimum Gasteiger partial charge on any atom is -0.297 e. The second-order valence-electron chi connectivity index (χ2n) is 3.78. The van der Waals surface area contributed by atoms with Gasteiger partial charge in [0.1, 0.15) is 5.15 Å². The summed E-state index contributed by atoms with van der Waals surface area (Å²) in [5.41, 5.74) is 0.838. The van der Waals surface area contributed by atoms with Gasteiger partial charge in [0.25, 0.3) is 0 Å². The fourth-order valence-electron chi connectivity index (χ4n) is 1.33. The number of thioether (sulfide) groups is 1. The van der Waals surface area contributed by atoms with Crippen LogP contribution in [0.3, 0.4) is 0 Å². The van der Waals surface area contributed by atoms with Gasteiger partial charge in [0.2, 0.25) is 0 Å². The Hall–Kier alpha value is 0.0400. The van der Waals surface area contributed by atoms with Crippen LogP contribution in [0.25, 0.3) is 0 Å². The molecule has 0 aliphatic carbocycles. The van der Waals surface area contributed by atoms with Crippen molar-refractivity contribution < 1.29 is 0 Å². The van der Waals surface area contributed by atoms with Crippen LogP contribution in [0.5, 0.6) is 0 Å². The molecule has 1 aromatic rings. The quantitative estimate of drug-likeness (QED) is 0.766. The van der Waals surface area contributed by atoms with Crippen LogP contribution in [-0.2, 0) is 6.54 Å². The normalized spacial score (nSPS) is 13.1. The topological polar surface area (TPSA) is 16.1 Å². The van der Waals surface area contributed by atoms with Crippen molar-refractivity contribution in [3.8, 4) is 0 Å². The van der Waals surface area contributed by atoms with E-state index in [2.05, 4.69) is 30.1 Å². The van der Waals surface area contributed by atoms with E-state index in [0.717, 1.165) is 18.0 Å². The van der Waals surface area contributed by atoms with E-state index in [-0.39, 0.29) is 0 Å². The standard InChI is InChI=1S/C11H16Cl2N2S/c1-8(7-16-3)15(2)6-10-9(12)4-5-11(13)14-10/h4-5,8H,6-7H2,1-3H3. The van der Waals surface area contributed by atoms with Crippen molar-refractivity contribution in [2.75, 3.05) is 19.1 Å². The molecule has 0 fully saturated rings. The van der Waals surface area contributed by atoms with Crippen LogP contribution in [0.1, 0.15) is 12.6 Å². The highest BCUT2D eigenvalue weighted by Gasteiger charge is 2.12. The Morgan fingerprint density at radius 1 is 1.44 bits per heavy atom. The van der Waals surface area contributed by atoms with Crippen molar-refractivity contribution in [2.45, 2.75) is 19.5 Å². The SMILES string of the molecule is CSCC(C)N(C)Cc1nc(Cl)ccc1Cl. The zero-order valence-electron chi connectivity index (χ0n) is 9.70. The zero-order chi connectivity index (χ0) is 12.1. The third kappa shape index (κ3) is 4.13. The Balaban J connectivity index is 2.68. The molecule has 1 aromatic heterocycles. The molecule has 0 N–H and O–H groups in total. The molecule has 0 aliphatic rings. The fraction of sp³-hybridized carbons (Fsp3) is 0.545. The molecule has 1 rings (SSSR count). The van der Waals surface area contributed by atoms with Crippen LogP contribution in [0.15, 0.2) is 12.1 Å². The Bertz CT molecular complexity index is 347. The summed E-state index contributed by atoms with van der Waals surface area (Å²) in [6, 6.07) is 3.99. The smallest absolute Gasteiger partial charge is 0.129 e. The lowest BCUT2D eigenvalue weighted by Crippen LogP contribution is -2.30. The van der Waals surface area contributed by atoms with Crippen LogP contribution >= 0.6 is 35.0 Å². The van der Waals surface area contributed by atoms with E-state index >= 15 is 0 Å². The first-order chi connectivity index (χ1) is 7.54. The molecule has 16 heavy (non-hydrogen) atoms. The number of halogens is 2. The molecule has 0 aromatic carbocycles. The van der Waals surface area contributed by atoms with Crippen molar-refractivity contribution in [3.63, 3.8) is 0 Å². The van der Waals surface area contributed by atoms with Gasteiger partial charge in [0.15, 0.2) is 0 Å². The van der Waals surface area contributed by atoms with Gasteiger partial charge in [-0.2, -0.15) is 11.8 Å². The summed E-state index contributed by atoms with van der Waals surface area (Å²) in [5.74, 6) is 1.09. The molecule has 0 saturated carbocycles. The van der Waals surface area contributed by atoms with E-state index in [4.69, 9.17) is 23.2 Å². The predicted octanol–water partition coefficient (Wildman–Crippen LogP) is 3.57. The van der Waals surface area contributed by atoms with Crippen LogP contribution in [0.4, 0.5) is 0 Å². The predicted molar refractivity (Wildman–Crippen MR) is 73.6 cm³/mol. The molecule has 0 saturated heterocycles. The molecule has 1 unspecified atom stereocenters. The molecular formula is C11H16Cl2N2S. The van der Waals surface area contributed by atoms with Crippen molar-refractivity contribution in [2.24, 2.45) is 0 Å². The summed E-state index contributed by atoms with van der Waals surface area (Å²) in [6.45, 7) is 2.91. The monoisotopic (exact) mass is 278 g/mol. The molecular weight excluding hydrogens is 263 g/mol. The number of pyridine rings is 1. The summed E-state index contributed by atoms with van der Waals surface area (Å²) in [4.78, 5) is 6.46. The molecule has 2 nitrogen and oxygen atoms in total. The third-order valence-corrected chi connectivity index (χ3v) is 3.81. The molecule has 0 spiro atoms. The maximum absolute atomic E-state index is 6.07. The van der Waals surface area contributed by atoms with Gasteiger partial charge in [0, 0.05) is 18.3 Å². The van der Waals surface area contributed by atoms with Gasteiger partial charge >= 0.3 is 0 Å². The molecule has 90 valence electrons. The maximum Gasteiger partial charge on any atom is 0.129 e. The number of nitrogens with zero attached hydrogens (tertiary/aromatic N) is 2. The molecule has 0 radical (unpaired) electrons. The van der Waals surface area contributed by atoms with E-state index in [1.54, 1.807) is 12.1 Å². The lowest BCUT2D eigenvalue weighted by molar-refractivity contribution is 0.266. The molecule has 0 bridgehead atoms. The second-order valence-corrected chi connectivity index (χ2v) is 5.49. The van der Waals surface area contributed by atoms with Gasteiger partial charge in [-0.1, -0.05) is 23.2 Å². The fourth-order valence-corrected chi connectivity index (χ4v) is 2.40. The average molecular weight is 279 g/mol. The summed E-state index contributed by atoms with van der Waals surface area (Å²) < 4.78 is 0. The van der Waals surface area contributed by atoms with Crippen molar-refractivity contribution in [1.82, 2.24) is 9.88 Å². The number of rotatable bonds is 5. The lowest BCUT2D eigenvalue weighted by atomic mass is 10.3. The van der Waals surface area contributed by atoms with Gasteiger partial charge in [-0.05, 0) is 32.4 Å². The summed E-state index contributed by atoms with van der Waals surface area (Å²) in [5, 5.41) is 1.16. The summed E-state index contributed by atoms with van der Waals surface area (Å²) >= 11 is 13.8. The zero-order valence-corrected chi connectivity index (χ0v) is 12.0. The van der Waals surface area contributed by atoms with Crippen molar-refractivity contribution >= 4 is 35.0 Å². The van der Waals surface area contributed by atoms with E-state index in [1.807, 2.05) is 11.8 Å². The van der Waals surface area contributed by atoms with Gasteiger partial charge in [-0.3, -0.25) is 4.90 Å². The first-order valence-electron chi connectivity index (χ1n) is 5.04. The van der Waals surface area contributed by atoms with E-state index in [0.29, 0.717) is 16.2 Å². The van der Waals surface area contributed by atoms with E-state index in [9.17, 15) is 0 Å². The molecule has 1 heterocycles. The Kier molecular flexibility index (Phi) is 5.90. The lowest BCUT2D eigenvalue weighted by Gasteiger charge is -2.23. The minimum absolute atomic E-state index is 0.491. The second kappa shape index (κ2) is 6.70. The van der Waals surface area contributed by atoms with E-state index < -0.39 is 0 Å². The molecule has 0 amide bonds. The van der Waals surface area contributed by atoms with Crippen LogP contribution < -0.4 is 0 Å². The highest BCUT2D eigenvalue weighted by atomic mass is 35.5. The van der Waals surface area contributed by atoms with Crippen LogP contribution in [-0.4, -0.2) is 35.0 Å². The maximum atomic E-state index is 6.07. The van der Waals surface area contributed by atoms with Gasteiger partial charge in [0.05, 0.1) is 10.7 Å². The Labute approximate surface area is 111 Å². The summed E-state index contributed by atoms with van der Waals surface area (Å²) in [7, 11) is 2.07. The number of hydrogen-bond acceptors (Lipinski definition) is 3. The van der Waals surface area contributed by atoms with Crippen molar-refractivity contribution in [3.05, 3.63) is 28.0 Å². The highest BCUT2D eigenvalue weighted by molar-refractivity contribution is 7.98. The Morgan fingerprint density at radius 2 is 2.12 bits per heavy atom. The molecule has 0 aliphatic heterocycles. The van der Waals surface area contributed by atoms with Gasteiger partial charge < -0.3 is 0 Å². The number of hydrogen-bond donors (Lipinski definition) is 0. The van der Waals surface area contributed by atoms with Gasteiger partial charge in [-0.15, -0.1) is 0 Å². The first-order valence-corrected chi connectivity index (χ1v) is 7.19. The molecule has 1 atom stereocenters. The minimum atomic E-state index is 0.491. The summed E-state index contributed by atoms with van der Waals surface area (Å²) in [6.07, 6.45) is 2.11. The van der Waals surface area contributed by atoms with Gasteiger partial charge in [-0.25, -0.2) is 4.98 Å². The van der Waals surface area contributed by atoms with Crippen LogP contribution in [0.2, 0.25) is 10.2 Å².